The molecule has 4 aromatic rings. The Kier molecular flexibility index (Phi) is 7.28. The highest BCUT2D eigenvalue weighted by molar-refractivity contribution is 6.08. The summed E-state index contributed by atoms with van der Waals surface area (Å²) >= 11 is 0. The van der Waals surface area contributed by atoms with Crippen LogP contribution in [-0.2, 0) is 6.54 Å². The minimum atomic E-state index is -0.140. The van der Waals surface area contributed by atoms with E-state index < -0.39 is 0 Å². The molecular formula is C31H33N3O2. The third-order valence-corrected chi connectivity index (χ3v) is 7.17. The van der Waals surface area contributed by atoms with E-state index in [4.69, 9.17) is 0 Å². The molecule has 1 amide bonds. The molecule has 1 atom stereocenters. The Bertz CT molecular complexity index is 1390. The fourth-order valence-electron chi connectivity index (χ4n) is 5.32. The Labute approximate surface area is 212 Å². The normalized spacial score (nSPS) is 15.0. The molecule has 1 aliphatic rings. The summed E-state index contributed by atoms with van der Waals surface area (Å²) in [5.74, 6) is -0.140. The van der Waals surface area contributed by atoms with Crippen LogP contribution >= 0.6 is 0 Å². The van der Waals surface area contributed by atoms with Gasteiger partial charge < -0.3 is 5.32 Å². The van der Waals surface area contributed by atoms with E-state index in [1.165, 1.54) is 6.42 Å². The van der Waals surface area contributed by atoms with Gasteiger partial charge in [-0.15, -0.1) is 0 Å². The maximum absolute atomic E-state index is 14.1. The molecule has 0 spiro atoms. The van der Waals surface area contributed by atoms with Crippen molar-refractivity contribution in [1.82, 2.24) is 14.8 Å². The van der Waals surface area contributed by atoms with E-state index in [0.29, 0.717) is 22.9 Å². The van der Waals surface area contributed by atoms with Crippen LogP contribution < -0.4 is 10.9 Å². The molecule has 0 aliphatic carbocycles. The summed E-state index contributed by atoms with van der Waals surface area (Å²) in [4.78, 5) is 30.4. The van der Waals surface area contributed by atoms with Crippen molar-refractivity contribution in [2.75, 3.05) is 13.1 Å². The molecular weight excluding hydrogens is 446 g/mol. The Morgan fingerprint density at radius 1 is 0.833 bits per heavy atom. The van der Waals surface area contributed by atoms with Crippen LogP contribution in [0.2, 0.25) is 0 Å². The van der Waals surface area contributed by atoms with Crippen LogP contribution in [0.1, 0.15) is 60.3 Å². The number of carbonyl (C=O) groups is 1. The van der Waals surface area contributed by atoms with Gasteiger partial charge in [0.2, 0.25) is 0 Å². The lowest BCUT2D eigenvalue weighted by molar-refractivity contribution is 0.0933. The number of para-hydroxylation sites is 1. The largest absolute Gasteiger partial charge is 0.345 e. The zero-order valence-corrected chi connectivity index (χ0v) is 20.8. The van der Waals surface area contributed by atoms with E-state index in [2.05, 4.69) is 17.1 Å². The van der Waals surface area contributed by atoms with Gasteiger partial charge in [0.25, 0.3) is 11.5 Å². The first-order valence-electron chi connectivity index (χ1n) is 13.0. The third kappa shape index (κ3) is 4.84. The fourth-order valence-corrected chi connectivity index (χ4v) is 5.32. The van der Waals surface area contributed by atoms with Gasteiger partial charge in [0, 0.05) is 23.0 Å². The van der Waals surface area contributed by atoms with Crippen molar-refractivity contribution in [2.24, 2.45) is 0 Å². The van der Waals surface area contributed by atoms with Crippen molar-refractivity contribution < 1.29 is 4.79 Å². The summed E-state index contributed by atoms with van der Waals surface area (Å²) in [5, 5.41) is 4.56. The maximum Gasteiger partial charge on any atom is 0.263 e. The van der Waals surface area contributed by atoms with Crippen LogP contribution in [0.5, 0.6) is 0 Å². The summed E-state index contributed by atoms with van der Waals surface area (Å²) in [6.45, 7) is 4.58. The van der Waals surface area contributed by atoms with Gasteiger partial charge in [-0.2, -0.15) is 0 Å². The smallest absolute Gasteiger partial charge is 0.263 e. The molecule has 5 rings (SSSR count). The molecule has 1 fully saturated rings. The molecule has 1 saturated heterocycles. The van der Waals surface area contributed by atoms with E-state index in [-0.39, 0.29) is 17.5 Å². The van der Waals surface area contributed by atoms with Crippen molar-refractivity contribution in [2.45, 2.75) is 45.2 Å². The number of nitrogens with one attached hydrogen (secondary N) is 1. The lowest BCUT2D eigenvalue weighted by Crippen LogP contribution is -2.37. The van der Waals surface area contributed by atoms with Gasteiger partial charge in [-0.25, -0.2) is 0 Å². The molecule has 3 aromatic carbocycles. The summed E-state index contributed by atoms with van der Waals surface area (Å²) < 4.78 is 1.76. The maximum atomic E-state index is 14.1. The number of piperidine rings is 1. The Morgan fingerprint density at radius 3 is 2.11 bits per heavy atom. The molecule has 5 heteroatoms. The first-order valence-corrected chi connectivity index (χ1v) is 13.0. The number of hydrogen-bond acceptors (Lipinski definition) is 3. The summed E-state index contributed by atoms with van der Waals surface area (Å²) in [5.41, 5.74) is 3.12. The topological polar surface area (TPSA) is 54.3 Å². The lowest BCUT2D eigenvalue weighted by atomic mass is 9.99. The average Bonchev–Trinajstić information content (AvgIpc) is 2.93. The van der Waals surface area contributed by atoms with Crippen molar-refractivity contribution in [3.05, 3.63) is 112 Å². The Balaban J connectivity index is 1.70. The first-order chi connectivity index (χ1) is 17.7. The summed E-state index contributed by atoms with van der Waals surface area (Å²) in [7, 11) is 0. The second kappa shape index (κ2) is 10.9. The molecule has 36 heavy (non-hydrogen) atoms. The number of hydrogen-bond donors (Lipinski definition) is 1. The number of likely N-dealkylation sites (tertiary alicyclic amines) is 1. The molecule has 1 aliphatic heterocycles. The average molecular weight is 480 g/mol. The number of carbonyl (C=O) groups excluding carboxylic acids is 1. The van der Waals surface area contributed by atoms with Crippen LogP contribution in [0.4, 0.5) is 0 Å². The number of nitrogens with zero attached hydrogens (tertiary/aromatic N) is 2. The molecule has 1 aromatic heterocycles. The van der Waals surface area contributed by atoms with E-state index in [0.717, 1.165) is 49.3 Å². The van der Waals surface area contributed by atoms with Crippen LogP contribution in [0, 0.1) is 0 Å². The van der Waals surface area contributed by atoms with Gasteiger partial charge in [-0.1, -0.05) is 80.1 Å². The molecule has 0 unspecified atom stereocenters. The Hall–Kier alpha value is -3.70. The summed E-state index contributed by atoms with van der Waals surface area (Å²) in [6.07, 6.45) is 4.27. The van der Waals surface area contributed by atoms with E-state index in [1.54, 1.807) is 4.57 Å². The molecule has 0 radical (unpaired) electrons. The highest BCUT2D eigenvalue weighted by atomic mass is 16.2. The predicted molar refractivity (Wildman–Crippen MR) is 146 cm³/mol. The molecule has 184 valence electrons. The second-order valence-corrected chi connectivity index (χ2v) is 9.53. The number of aromatic nitrogens is 1. The fraction of sp³-hybridized carbons (Fsp3) is 0.290. The van der Waals surface area contributed by atoms with Gasteiger partial charge in [0.15, 0.2) is 0 Å². The van der Waals surface area contributed by atoms with Gasteiger partial charge in [0.05, 0.1) is 17.3 Å². The monoisotopic (exact) mass is 479 g/mol. The second-order valence-electron chi connectivity index (χ2n) is 9.53. The van der Waals surface area contributed by atoms with Crippen molar-refractivity contribution in [3.8, 4) is 5.69 Å². The Morgan fingerprint density at radius 2 is 1.44 bits per heavy atom. The standard InChI is InChI=1S/C31H33N3O2/c1-2-27(23-14-6-3-7-15-23)32-30(35)29-25-18-10-11-19-26(25)31(36)34(24-16-8-4-9-17-24)28(29)22-33-20-12-5-13-21-33/h3-4,6-11,14-19,27H,2,5,12-13,20-22H2,1H3,(H,32,35)/t27-/m0/s1. The van der Waals surface area contributed by atoms with Crippen LogP contribution in [0.15, 0.2) is 89.7 Å². The highest BCUT2D eigenvalue weighted by Crippen LogP contribution is 2.26. The minimum Gasteiger partial charge on any atom is -0.345 e. The van der Waals surface area contributed by atoms with E-state index in [9.17, 15) is 9.59 Å². The number of pyridine rings is 1. The van der Waals surface area contributed by atoms with Crippen LogP contribution in [0.3, 0.4) is 0 Å². The SMILES string of the molecule is CC[C@H](NC(=O)c1c(CN2CCCCC2)n(-c2ccccc2)c(=O)c2ccccc12)c1ccccc1. The lowest BCUT2D eigenvalue weighted by Gasteiger charge is -2.29. The molecule has 5 nitrogen and oxygen atoms in total. The van der Waals surface area contributed by atoms with Crippen molar-refractivity contribution >= 4 is 16.7 Å². The van der Waals surface area contributed by atoms with Crippen molar-refractivity contribution in [1.29, 1.82) is 0 Å². The van der Waals surface area contributed by atoms with Crippen LogP contribution in [-0.4, -0.2) is 28.5 Å². The van der Waals surface area contributed by atoms with E-state index in [1.807, 2.05) is 84.9 Å². The number of amides is 1. The molecule has 2 heterocycles. The molecule has 0 saturated carbocycles. The molecule has 1 N–H and O–H groups in total. The summed E-state index contributed by atoms with van der Waals surface area (Å²) in [6, 6.07) is 27.2. The van der Waals surface area contributed by atoms with Gasteiger partial charge in [-0.3, -0.25) is 19.1 Å². The third-order valence-electron chi connectivity index (χ3n) is 7.17. The number of benzene rings is 3. The minimum absolute atomic E-state index is 0.0875. The van der Waals surface area contributed by atoms with Gasteiger partial charge >= 0.3 is 0 Å². The zero-order valence-electron chi connectivity index (χ0n) is 20.8. The van der Waals surface area contributed by atoms with Crippen LogP contribution in [0.25, 0.3) is 16.5 Å². The molecule has 0 bridgehead atoms. The number of rotatable bonds is 7. The highest BCUT2D eigenvalue weighted by Gasteiger charge is 2.26. The van der Waals surface area contributed by atoms with Crippen molar-refractivity contribution in [3.63, 3.8) is 0 Å². The number of fused-ring (bicyclic) bond motifs is 1. The zero-order chi connectivity index (χ0) is 24.9. The predicted octanol–water partition coefficient (Wildman–Crippen LogP) is 5.86. The van der Waals surface area contributed by atoms with E-state index >= 15 is 0 Å². The first kappa shape index (κ1) is 24.0. The quantitative estimate of drug-likeness (QED) is 0.361. The van der Waals surface area contributed by atoms with Gasteiger partial charge in [0.1, 0.15) is 0 Å². The van der Waals surface area contributed by atoms with Gasteiger partial charge in [-0.05, 0) is 56.1 Å².